The number of nitrogens with one attached hydrogen (secondary N) is 1. The number of carbonyl (C=O) groups excluding carboxylic acids is 1. The second-order valence-corrected chi connectivity index (χ2v) is 6.50. The zero-order valence-electron chi connectivity index (χ0n) is 14.1. The molecule has 1 aromatic heterocycles. The van der Waals surface area contributed by atoms with Gasteiger partial charge in [-0.05, 0) is 18.4 Å². The Kier molecular flexibility index (Phi) is 5.68. The third-order valence-corrected chi connectivity index (χ3v) is 4.50. The summed E-state index contributed by atoms with van der Waals surface area (Å²) in [4.78, 5) is 34.4. The fourth-order valence-corrected chi connectivity index (χ4v) is 3.10. The molecule has 8 heteroatoms. The number of aromatic nitrogens is 2. The Morgan fingerprint density at radius 1 is 1.23 bits per heavy atom. The van der Waals surface area contributed by atoms with Gasteiger partial charge in [-0.3, -0.25) is 9.59 Å². The molecule has 0 aliphatic carbocycles. The highest BCUT2D eigenvalue weighted by atomic mass is 35.5. The first kappa shape index (κ1) is 18.1. The maximum atomic E-state index is 12.7. The van der Waals surface area contributed by atoms with Crippen LogP contribution < -0.4 is 10.2 Å². The van der Waals surface area contributed by atoms with Crippen LogP contribution in [0.5, 0.6) is 0 Å². The molecule has 1 aromatic carbocycles. The van der Waals surface area contributed by atoms with Gasteiger partial charge in [-0.1, -0.05) is 41.9 Å². The van der Waals surface area contributed by atoms with E-state index in [4.69, 9.17) is 16.7 Å². The number of benzene rings is 1. The summed E-state index contributed by atoms with van der Waals surface area (Å²) in [5.74, 6) is -1.06. The number of nitrogens with zero attached hydrogens (tertiary/aromatic N) is 3. The lowest BCUT2D eigenvalue weighted by Crippen LogP contribution is -2.31. The maximum Gasteiger partial charge on any atom is 0.305 e. The fraction of sp³-hybridized carbons (Fsp3) is 0.333. The smallest absolute Gasteiger partial charge is 0.305 e. The molecular weight excluding hydrogens is 356 g/mol. The SMILES string of the molecule is O=C(O)C[C@H](NC(=O)c1nc(N2CCCC2)ncc1Cl)c1ccccc1. The molecule has 1 aliphatic heterocycles. The minimum Gasteiger partial charge on any atom is -0.481 e. The van der Waals surface area contributed by atoms with Crippen molar-refractivity contribution >= 4 is 29.4 Å². The molecular formula is C18H19ClN4O3. The van der Waals surface area contributed by atoms with Crippen molar-refractivity contribution in [3.8, 4) is 0 Å². The van der Waals surface area contributed by atoms with Crippen LogP contribution in [-0.4, -0.2) is 40.0 Å². The van der Waals surface area contributed by atoms with E-state index in [9.17, 15) is 9.59 Å². The largest absolute Gasteiger partial charge is 0.481 e. The lowest BCUT2D eigenvalue weighted by Gasteiger charge is -2.19. The van der Waals surface area contributed by atoms with E-state index in [2.05, 4.69) is 15.3 Å². The molecule has 7 nitrogen and oxygen atoms in total. The zero-order chi connectivity index (χ0) is 18.5. The third kappa shape index (κ3) is 4.29. The summed E-state index contributed by atoms with van der Waals surface area (Å²) >= 11 is 6.11. The number of hydrogen-bond acceptors (Lipinski definition) is 5. The molecule has 1 aliphatic rings. The Morgan fingerprint density at radius 3 is 2.58 bits per heavy atom. The average Bonchev–Trinajstić information content (AvgIpc) is 3.16. The van der Waals surface area contributed by atoms with Crippen LogP contribution in [0.2, 0.25) is 5.02 Å². The van der Waals surface area contributed by atoms with Crippen molar-refractivity contribution in [3.63, 3.8) is 0 Å². The second-order valence-electron chi connectivity index (χ2n) is 6.10. The minimum atomic E-state index is -1.01. The monoisotopic (exact) mass is 374 g/mol. The first-order valence-corrected chi connectivity index (χ1v) is 8.77. The van der Waals surface area contributed by atoms with Gasteiger partial charge in [0.15, 0.2) is 5.69 Å². The van der Waals surface area contributed by atoms with Gasteiger partial charge in [0.25, 0.3) is 5.91 Å². The number of halogens is 1. The van der Waals surface area contributed by atoms with Crippen LogP contribution in [0.1, 0.15) is 41.4 Å². The van der Waals surface area contributed by atoms with Crippen molar-refractivity contribution in [1.29, 1.82) is 0 Å². The molecule has 26 heavy (non-hydrogen) atoms. The van der Waals surface area contributed by atoms with E-state index in [1.54, 1.807) is 24.3 Å². The number of carboxylic acids is 1. The van der Waals surface area contributed by atoms with Crippen LogP contribution in [-0.2, 0) is 4.79 Å². The van der Waals surface area contributed by atoms with E-state index in [0.717, 1.165) is 25.9 Å². The molecule has 0 spiro atoms. The Balaban J connectivity index is 1.82. The van der Waals surface area contributed by atoms with E-state index in [-0.39, 0.29) is 17.1 Å². The minimum absolute atomic E-state index is 0.0508. The number of carbonyl (C=O) groups is 2. The van der Waals surface area contributed by atoms with E-state index >= 15 is 0 Å². The number of anilines is 1. The quantitative estimate of drug-likeness (QED) is 0.807. The van der Waals surface area contributed by atoms with Gasteiger partial charge in [-0.25, -0.2) is 9.97 Å². The predicted molar refractivity (Wildman–Crippen MR) is 97.4 cm³/mol. The second kappa shape index (κ2) is 8.14. The summed E-state index contributed by atoms with van der Waals surface area (Å²) in [7, 11) is 0. The first-order chi connectivity index (χ1) is 12.5. The molecule has 0 unspecified atom stereocenters. The molecule has 0 radical (unpaired) electrons. The molecule has 3 rings (SSSR count). The van der Waals surface area contributed by atoms with Crippen LogP contribution in [0.4, 0.5) is 5.95 Å². The highest BCUT2D eigenvalue weighted by Gasteiger charge is 2.23. The molecule has 2 aromatic rings. The van der Waals surface area contributed by atoms with Gasteiger partial charge in [-0.2, -0.15) is 0 Å². The van der Waals surface area contributed by atoms with Gasteiger partial charge in [0.2, 0.25) is 5.95 Å². The molecule has 1 amide bonds. The van der Waals surface area contributed by atoms with Crippen LogP contribution >= 0.6 is 11.6 Å². The number of aliphatic carboxylic acids is 1. The summed E-state index contributed by atoms with van der Waals surface area (Å²) in [6.07, 6.45) is 3.29. The number of carboxylic acid groups (broad SMARTS) is 1. The van der Waals surface area contributed by atoms with Gasteiger partial charge in [-0.15, -0.1) is 0 Å². The molecule has 0 bridgehead atoms. The summed E-state index contributed by atoms with van der Waals surface area (Å²) in [5, 5.41) is 12.0. The fourth-order valence-electron chi connectivity index (χ4n) is 2.93. The summed E-state index contributed by atoms with van der Waals surface area (Å²) in [6.45, 7) is 1.68. The molecule has 1 fully saturated rings. The molecule has 2 N–H and O–H groups in total. The van der Waals surface area contributed by atoms with Crippen molar-refractivity contribution in [2.45, 2.75) is 25.3 Å². The molecule has 2 heterocycles. The third-order valence-electron chi connectivity index (χ3n) is 4.22. The van der Waals surface area contributed by atoms with Crippen LogP contribution in [0.3, 0.4) is 0 Å². The topological polar surface area (TPSA) is 95.4 Å². The lowest BCUT2D eigenvalue weighted by molar-refractivity contribution is -0.137. The number of amides is 1. The summed E-state index contributed by atoms with van der Waals surface area (Å²) in [5.41, 5.74) is 0.753. The van der Waals surface area contributed by atoms with Crippen molar-refractivity contribution < 1.29 is 14.7 Å². The summed E-state index contributed by atoms with van der Waals surface area (Å²) in [6, 6.07) is 8.27. The standard InChI is InChI=1S/C18H19ClN4O3/c19-13-11-20-18(23-8-4-5-9-23)22-16(13)17(26)21-14(10-15(24)25)12-6-2-1-3-7-12/h1-3,6-7,11,14H,4-5,8-10H2,(H,21,26)(H,24,25)/t14-/m0/s1. The van der Waals surface area contributed by atoms with Crippen LogP contribution in [0, 0.1) is 0 Å². The van der Waals surface area contributed by atoms with Crippen LogP contribution in [0.25, 0.3) is 0 Å². The Labute approximate surface area is 156 Å². The van der Waals surface area contributed by atoms with Gasteiger partial charge >= 0.3 is 5.97 Å². The number of rotatable bonds is 6. The molecule has 136 valence electrons. The maximum absolute atomic E-state index is 12.7. The van der Waals surface area contributed by atoms with Gasteiger partial charge < -0.3 is 15.3 Å². The predicted octanol–water partition coefficient (Wildman–Crippen LogP) is 2.68. The molecule has 1 atom stereocenters. The van der Waals surface area contributed by atoms with Gasteiger partial charge in [0.1, 0.15) is 0 Å². The van der Waals surface area contributed by atoms with Crippen molar-refractivity contribution in [1.82, 2.24) is 15.3 Å². The normalized spacial score (nSPS) is 14.9. The first-order valence-electron chi connectivity index (χ1n) is 8.39. The van der Waals surface area contributed by atoms with E-state index in [1.165, 1.54) is 6.20 Å². The zero-order valence-corrected chi connectivity index (χ0v) is 14.8. The highest BCUT2D eigenvalue weighted by molar-refractivity contribution is 6.33. The Bertz CT molecular complexity index is 794. The average molecular weight is 375 g/mol. The van der Waals surface area contributed by atoms with Crippen molar-refractivity contribution in [2.24, 2.45) is 0 Å². The van der Waals surface area contributed by atoms with Gasteiger partial charge in [0, 0.05) is 13.1 Å². The Hall–Kier alpha value is -2.67. The van der Waals surface area contributed by atoms with Gasteiger partial charge in [0.05, 0.1) is 23.7 Å². The lowest BCUT2D eigenvalue weighted by atomic mass is 10.0. The van der Waals surface area contributed by atoms with E-state index in [0.29, 0.717) is 11.5 Å². The van der Waals surface area contributed by atoms with Crippen molar-refractivity contribution in [3.05, 3.63) is 52.8 Å². The van der Waals surface area contributed by atoms with Crippen LogP contribution in [0.15, 0.2) is 36.5 Å². The van der Waals surface area contributed by atoms with E-state index in [1.807, 2.05) is 11.0 Å². The Morgan fingerprint density at radius 2 is 1.92 bits per heavy atom. The van der Waals surface area contributed by atoms with Crippen molar-refractivity contribution in [2.75, 3.05) is 18.0 Å². The van der Waals surface area contributed by atoms with E-state index < -0.39 is 17.9 Å². The highest BCUT2D eigenvalue weighted by Crippen LogP contribution is 2.22. The molecule has 1 saturated heterocycles. The number of hydrogen-bond donors (Lipinski definition) is 2. The summed E-state index contributed by atoms with van der Waals surface area (Å²) < 4.78 is 0. The molecule has 0 saturated carbocycles.